The topological polar surface area (TPSA) is 72.5 Å². The number of methoxy groups -OCH3 is 1. The SMILES string of the molecule is COC(=O)CS(=O)(=O)CCC1CCNCC1.Cl. The summed E-state index contributed by atoms with van der Waals surface area (Å²) in [6.07, 6.45) is 2.70. The van der Waals surface area contributed by atoms with E-state index in [4.69, 9.17) is 0 Å². The van der Waals surface area contributed by atoms with E-state index < -0.39 is 21.6 Å². The zero-order chi connectivity index (χ0) is 12.0. The lowest BCUT2D eigenvalue weighted by Gasteiger charge is -2.22. The van der Waals surface area contributed by atoms with E-state index in [0.717, 1.165) is 25.9 Å². The molecule has 1 aliphatic rings. The molecule has 0 aromatic heterocycles. The summed E-state index contributed by atoms with van der Waals surface area (Å²) in [4.78, 5) is 10.9. The fraction of sp³-hybridized carbons (Fsp3) is 0.900. The van der Waals surface area contributed by atoms with Crippen LogP contribution in [0.5, 0.6) is 0 Å². The Kier molecular flexibility index (Phi) is 7.74. The minimum absolute atomic E-state index is 0. The van der Waals surface area contributed by atoms with Gasteiger partial charge in [0.25, 0.3) is 0 Å². The molecule has 1 rings (SSSR count). The molecule has 7 heteroatoms. The summed E-state index contributed by atoms with van der Waals surface area (Å²) in [5.74, 6) is -0.611. The van der Waals surface area contributed by atoms with Crippen LogP contribution in [0.1, 0.15) is 19.3 Å². The van der Waals surface area contributed by atoms with E-state index in [-0.39, 0.29) is 18.2 Å². The predicted octanol–water partition coefficient (Wildman–Crippen LogP) is 0.386. The maximum Gasteiger partial charge on any atom is 0.320 e. The van der Waals surface area contributed by atoms with Gasteiger partial charge in [0, 0.05) is 0 Å². The van der Waals surface area contributed by atoms with E-state index in [1.165, 1.54) is 7.11 Å². The Morgan fingerprint density at radius 2 is 1.94 bits per heavy atom. The summed E-state index contributed by atoms with van der Waals surface area (Å²) >= 11 is 0. The number of hydrogen-bond acceptors (Lipinski definition) is 5. The van der Waals surface area contributed by atoms with Gasteiger partial charge in [-0.2, -0.15) is 0 Å². The van der Waals surface area contributed by atoms with E-state index in [1.807, 2.05) is 0 Å². The molecule has 0 aromatic carbocycles. The zero-order valence-corrected chi connectivity index (χ0v) is 11.6. The summed E-state index contributed by atoms with van der Waals surface area (Å²) < 4.78 is 27.4. The largest absolute Gasteiger partial charge is 0.468 e. The molecule has 0 radical (unpaired) electrons. The molecule has 0 atom stereocenters. The second-order valence-electron chi connectivity index (χ2n) is 4.15. The molecule has 0 saturated carbocycles. The van der Waals surface area contributed by atoms with Gasteiger partial charge in [-0.1, -0.05) is 0 Å². The van der Waals surface area contributed by atoms with E-state index >= 15 is 0 Å². The number of nitrogens with one attached hydrogen (secondary N) is 1. The van der Waals surface area contributed by atoms with Crippen LogP contribution in [0, 0.1) is 5.92 Å². The average Bonchev–Trinajstić information content (AvgIpc) is 2.27. The molecular formula is C10H20ClNO4S. The summed E-state index contributed by atoms with van der Waals surface area (Å²) in [5.41, 5.74) is 0. The Hall–Kier alpha value is -0.330. The van der Waals surface area contributed by atoms with Gasteiger partial charge in [-0.15, -0.1) is 12.4 Å². The molecule has 5 nitrogen and oxygen atoms in total. The highest BCUT2D eigenvalue weighted by Crippen LogP contribution is 2.16. The molecule has 1 saturated heterocycles. The van der Waals surface area contributed by atoms with Gasteiger partial charge in [0.05, 0.1) is 12.9 Å². The first-order valence-corrected chi connectivity index (χ1v) is 7.33. The van der Waals surface area contributed by atoms with Crippen molar-refractivity contribution >= 4 is 28.2 Å². The smallest absolute Gasteiger partial charge is 0.320 e. The number of sulfone groups is 1. The third kappa shape index (κ3) is 6.85. The van der Waals surface area contributed by atoms with Crippen LogP contribution < -0.4 is 5.32 Å². The number of rotatable bonds is 5. The van der Waals surface area contributed by atoms with Crippen LogP contribution in [0.15, 0.2) is 0 Å². The number of esters is 1. The fourth-order valence-electron chi connectivity index (χ4n) is 1.83. The maximum absolute atomic E-state index is 11.5. The minimum Gasteiger partial charge on any atom is -0.468 e. The first kappa shape index (κ1) is 16.7. The monoisotopic (exact) mass is 285 g/mol. The van der Waals surface area contributed by atoms with Crippen molar-refractivity contribution in [1.82, 2.24) is 5.32 Å². The van der Waals surface area contributed by atoms with Gasteiger partial charge < -0.3 is 10.1 Å². The summed E-state index contributed by atoms with van der Waals surface area (Å²) in [5, 5.41) is 3.23. The molecule has 1 fully saturated rings. The molecule has 0 aromatic rings. The molecular weight excluding hydrogens is 266 g/mol. The number of ether oxygens (including phenoxy) is 1. The highest BCUT2D eigenvalue weighted by molar-refractivity contribution is 7.92. The number of piperidine rings is 1. The summed E-state index contributed by atoms with van der Waals surface area (Å²) in [7, 11) is -2.09. The zero-order valence-electron chi connectivity index (χ0n) is 9.98. The number of carbonyl (C=O) groups excluding carboxylic acids is 1. The Balaban J connectivity index is 0.00000256. The van der Waals surface area contributed by atoms with Crippen LogP contribution in [0.2, 0.25) is 0 Å². The summed E-state index contributed by atoms with van der Waals surface area (Å²) in [6.45, 7) is 1.92. The van der Waals surface area contributed by atoms with Crippen LogP contribution in [0.25, 0.3) is 0 Å². The molecule has 17 heavy (non-hydrogen) atoms. The molecule has 0 spiro atoms. The van der Waals surface area contributed by atoms with E-state index in [0.29, 0.717) is 12.3 Å². The van der Waals surface area contributed by atoms with Gasteiger partial charge in [-0.25, -0.2) is 8.42 Å². The van der Waals surface area contributed by atoms with Gasteiger partial charge >= 0.3 is 5.97 Å². The molecule has 1 N–H and O–H groups in total. The van der Waals surface area contributed by atoms with Crippen molar-refractivity contribution in [2.75, 3.05) is 31.7 Å². The van der Waals surface area contributed by atoms with Crippen molar-refractivity contribution in [2.45, 2.75) is 19.3 Å². The molecule has 0 amide bonds. The average molecular weight is 286 g/mol. The lowest BCUT2D eigenvalue weighted by Crippen LogP contribution is -2.29. The first-order valence-electron chi connectivity index (χ1n) is 5.51. The van der Waals surface area contributed by atoms with Crippen molar-refractivity contribution in [1.29, 1.82) is 0 Å². The van der Waals surface area contributed by atoms with Crippen molar-refractivity contribution in [3.63, 3.8) is 0 Å². The number of carbonyl (C=O) groups is 1. The second-order valence-corrected chi connectivity index (χ2v) is 6.33. The predicted molar refractivity (Wildman–Crippen MR) is 68.1 cm³/mol. The number of halogens is 1. The molecule has 0 aliphatic carbocycles. The van der Waals surface area contributed by atoms with Crippen molar-refractivity contribution in [2.24, 2.45) is 5.92 Å². The third-order valence-corrected chi connectivity index (χ3v) is 4.39. The minimum atomic E-state index is -3.29. The highest BCUT2D eigenvalue weighted by atomic mass is 35.5. The first-order chi connectivity index (χ1) is 7.53. The van der Waals surface area contributed by atoms with Gasteiger partial charge in [0.1, 0.15) is 5.75 Å². The molecule has 1 heterocycles. The normalized spacial score (nSPS) is 17.2. The van der Waals surface area contributed by atoms with E-state index in [2.05, 4.69) is 10.1 Å². The van der Waals surface area contributed by atoms with Gasteiger partial charge in [0.15, 0.2) is 9.84 Å². The molecule has 1 aliphatic heterocycles. The van der Waals surface area contributed by atoms with Crippen LogP contribution in [-0.2, 0) is 19.4 Å². The van der Waals surface area contributed by atoms with Crippen LogP contribution in [0.4, 0.5) is 0 Å². The number of hydrogen-bond donors (Lipinski definition) is 1. The van der Waals surface area contributed by atoms with Crippen LogP contribution in [0.3, 0.4) is 0 Å². The molecule has 0 bridgehead atoms. The molecule has 0 unspecified atom stereocenters. The quantitative estimate of drug-likeness (QED) is 0.740. The van der Waals surface area contributed by atoms with Gasteiger partial charge in [-0.3, -0.25) is 4.79 Å². The second kappa shape index (κ2) is 7.89. The molecule has 102 valence electrons. The van der Waals surface area contributed by atoms with Crippen molar-refractivity contribution in [3.05, 3.63) is 0 Å². The Bertz CT molecular complexity index is 325. The third-order valence-electron chi connectivity index (χ3n) is 2.86. The van der Waals surface area contributed by atoms with E-state index in [1.54, 1.807) is 0 Å². The Labute approximate surface area is 109 Å². The standard InChI is InChI=1S/C10H19NO4S.ClH/c1-15-10(12)8-16(13,14)7-4-9-2-5-11-6-3-9;/h9,11H,2-8H2,1H3;1H. The van der Waals surface area contributed by atoms with Gasteiger partial charge in [0.2, 0.25) is 0 Å². The van der Waals surface area contributed by atoms with Crippen molar-refractivity contribution in [3.8, 4) is 0 Å². The Morgan fingerprint density at radius 3 is 2.47 bits per heavy atom. The fourth-order valence-corrected chi connectivity index (χ4v) is 3.14. The summed E-state index contributed by atoms with van der Waals surface area (Å²) in [6, 6.07) is 0. The van der Waals surface area contributed by atoms with Crippen LogP contribution >= 0.6 is 12.4 Å². The lowest BCUT2D eigenvalue weighted by atomic mass is 9.96. The lowest BCUT2D eigenvalue weighted by molar-refractivity contribution is -0.137. The van der Waals surface area contributed by atoms with Crippen molar-refractivity contribution < 1.29 is 17.9 Å². The maximum atomic E-state index is 11.5. The highest BCUT2D eigenvalue weighted by Gasteiger charge is 2.20. The van der Waals surface area contributed by atoms with Gasteiger partial charge in [-0.05, 0) is 38.3 Å². The van der Waals surface area contributed by atoms with Crippen LogP contribution in [-0.4, -0.2) is 46.1 Å². The van der Waals surface area contributed by atoms with E-state index in [9.17, 15) is 13.2 Å². The Morgan fingerprint density at radius 1 is 1.35 bits per heavy atom.